The van der Waals surface area contributed by atoms with Crippen LogP contribution in [0.5, 0.6) is 0 Å². The summed E-state index contributed by atoms with van der Waals surface area (Å²) in [6.45, 7) is 8.04. The van der Waals surface area contributed by atoms with Crippen LogP contribution in [0.2, 0.25) is 0 Å². The van der Waals surface area contributed by atoms with Crippen molar-refractivity contribution >= 4 is 5.78 Å². The van der Waals surface area contributed by atoms with E-state index in [-0.39, 0.29) is 11.9 Å². The highest BCUT2D eigenvalue weighted by molar-refractivity contribution is 5.80. The molecule has 0 N–H and O–H groups in total. The molecule has 13 heavy (non-hydrogen) atoms. The Hall–Kier alpha value is -0.370. The summed E-state index contributed by atoms with van der Waals surface area (Å²) in [6, 6.07) is 0. The molecule has 3 unspecified atom stereocenters. The minimum Gasteiger partial charge on any atom is -0.373 e. The number of hydrogen-bond acceptors (Lipinski definition) is 2. The first kappa shape index (κ1) is 12.6. The Kier molecular flexibility index (Phi) is 5.97. The average molecular weight is 186 g/mol. The number of carbonyl (C=O) groups excluding carboxylic acids is 1. The summed E-state index contributed by atoms with van der Waals surface area (Å²) in [5.41, 5.74) is 0. The molecule has 0 rings (SSSR count). The zero-order valence-corrected chi connectivity index (χ0v) is 9.46. The van der Waals surface area contributed by atoms with E-state index in [4.69, 9.17) is 4.74 Å². The second kappa shape index (κ2) is 6.14. The van der Waals surface area contributed by atoms with Gasteiger partial charge in [-0.2, -0.15) is 0 Å². The SMILES string of the molecule is CCCC(C)C(C)C(OC)C(C)=O. The van der Waals surface area contributed by atoms with Crippen LogP contribution in [0.15, 0.2) is 0 Å². The van der Waals surface area contributed by atoms with Crippen molar-refractivity contribution in [1.82, 2.24) is 0 Å². The molecule has 0 saturated carbocycles. The van der Waals surface area contributed by atoms with Gasteiger partial charge in [-0.3, -0.25) is 4.79 Å². The van der Waals surface area contributed by atoms with Crippen LogP contribution in [0, 0.1) is 11.8 Å². The molecule has 2 heteroatoms. The molecule has 0 aromatic rings. The Morgan fingerprint density at radius 3 is 2.23 bits per heavy atom. The first-order valence-corrected chi connectivity index (χ1v) is 5.07. The fraction of sp³-hybridized carbons (Fsp3) is 0.909. The van der Waals surface area contributed by atoms with Crippen molar-refractivity contribution in [2.45, 2.75) is 46.6 Å². The predicted octanol–water partition coefficient (Wildman–Crippen LogP) is 2.66. The molecule has 0 heterocycles. The third kappa shape index (κ3) is 3.90. The topological polar surface area (TPSA) is 26.3 Å². The number of ketones is 1. The number of hydrogen-bond donors (Lipinski definition) is 0. The van der Waals surface area contributed by atoms with Crippen LogP contribution < -0.4 is 0 Å². The monoisotopic (exact) mass is 186 g/mol. The van der Waals surface area contributed by atoms with Crippen LogP contribution in [-0.2, 0) is 9.53 Å². The van der Waals surface area contributed by atoms with E-state index >= 15 is 0 Å². The average Bonchev–Trinajstić information content (AvgIpc) is 2.05. The molecule has 0 aromatic carbocycles. The van der Waals surface area contributed by atoms with Gasteiger partial charge in [-0.25, -0.2) is 0 Å². The van der Waals surface area contributed by atoms with Gasteiger partial charge in [-0.05, 0) is 18.8 Å². The number of rotatable bonds is 6. The fourth-order valence-corrected chi connectivity index (χ4v) is 1.77. The number of carbonyl (C=O) groups is 1. The highest BCUT2D eigenvalue weighted by atomic mass is 16.5. The molecule has 78 valence electrons. The lowest BCUT2D eigenvalue weighted by atomic mass is 9.86. The Morgan fingerprint density at radius 2 is 1.92 bits per heavy atom. The largest absolute Gasteiger partial charge is 0.373 e. The molecule has 0 aromatic heterocycles. The summed E-state index contributed by atoms with van der Waals surface area (Å²) in [5.74, 6) is 1.01. The standard InChI is InChI=1S/C11H22O2/c1-6-7-8(2)9(3)11(13-5)10(4)12/h8-9,11H,6-7H2,1-5H3. The van der Waals surface area contributed by atoms with Gasteiger partial charge in [-0.15, -0.1) is 0 Å². The van der Waals surface area contributed by atoms with Crippen molar-refractivity contribution < 1.29 is 9.53 Å². The highest BCUT2D eigenvalue weighted by Gasteiger charge is 2.25. The number of ether oxygens (including phenoxy) is 1. The molecule has 0 aliphatic rings. The zero-order valence-electron chi connectivity index (χ0n) is 9.46. The Labute approximate surface area is 81.7 Å². The molecule has 0 bridgehead atoms. The van der Waals surface area contributed by atoms with Crippen molar-refractivity contribution in [2.75, 3.05) is 7.11 Å². The van der Waals surface area contributed by atoms with Gasteiger partial charge in [0.15, 0.2) is 5.78 Å². The molecule has 0 saturated heterocycles. The van der Waals surface area contributed by atoms with Gasteiger partial charge in [-0.1, -0.05) is 33.6 Å². The maximum Gasteiger partial charge on any atom is 0.158 e. The quantitative estimate of drug-likeness (QED) is 0.637. The lowest BCUT2D eigenvalue weighted by molar-refractivity contribution is -0.130. The van der Waals surface area contributed by atoms with Gasteiger partial charge in [0.05, 0.1) is 0 Å². The van der Waals surface area contributed by atoms with E-state index in [2.05, 4.69) is 20.8 Å². The van der Waals surface area contributed by atoms with Crippen LogP contribution in [0.25, 0.3) is 0 Å². The van der Waals surface area contributed by atoms with Gasteiger partial charge >= 0.3 is 0 Å². The van der Waals surface area contributed by atoms with Gasteiger partial charge < -0.3 is 4.74 Å². The Balaban J connectivity index is 4.18. The zero-order chi connectivity index (χ0) is 10.4. The summed E-state index contributed by atoms with van der Waals surface area (Å²) < 4.78 is 5.19. The molecule has 0 aliphatic carbocycles. The number of methoxy groups -OCH3 is 1. The second-order valence-corrected chi connectivity index (χ2v) is 3.89. The third-order valence-electron chi connectivity index (χ3n) is 2.77. The molecule has 0 aliphatic heterocycles. The molecular formula is C11H22O2. The van der Waals surface area contributed by atoms with E-state index in [0.29, 0.717) is 11.8 Å². The Morgan fingerprint density at radius 1 is 1.38 bits per heavy atom. The summed E-state index contributed by atoms with van der Waals surface area (Å²) in [5, 5.41) is 0. The van der Waals surface area contributed by atoms with E-state index in [0.717, 1.165) is 6.42 Å². The maximum absolute atomic E-state index is 11.2. The van der Waals surface area contributed by atoms with Crippen LogP contribution in [0.1, 0.15) is 40.5 Å². The van der Waals surface area contributed by atoms with Gasteiger partial charge in [0.25, 0.3) is 0 Å². The van der Waals surface area contributed by atoms with Crippen LogP contribution in [0.4, 0.5) is 0 Å². The summed E-state index contributed by atoms with van der Waals surface area (Å²) in [6.07, 6.45) is 2.11. The van der Waals surface area contributed by atoms with Crippen molar-refractivity contribution in [2.24, 2.45) is 11.8 Å². The minimum absolute atomic E-state index is 0.137. The predicted molar refractivity (Wildman–Crippen MR) is 54.7 cm³/mol. The Bertz CT molecular complexity index is 154. The van der Waals surface area contributed by atoms with Crippen molar-refractivity contribution in [3.8, 4) is 0 Å². The van der Waals surface area contributed by atoms with E-state index in [9.17, 15) is 4.79 Å². The van der Waals surface area contributed by atoms with E-state index in [1.165, 1.54) is 6.42 Å². The third-order valence-corrected chi connectivity index (χ3v) is 2.77. The van der Waals surface area contributed by atoms with Gasteiger partial charge in [0.1, 0.15) is 6.10 Å². The van der Waals surface area contributed by atoms with Crippen LogP contribution in [0.3, 0.4) is 0 Å². The van der Waals surface area contributed by atoms with Crippen molar-refractivity contribution in [3.63, 3.8) is 0 Å². The first-order chi connectivity index (χ1) is 6.04. The molecule has 0 amide bonds. The normalized spacial score (nSPS) is 17.9. The minimum atomic E-state index is -0.221. The van der Waals surface area contributed by atoms with Gasteiger partial charge in [0.2, 0.25) is 0 Å². The molecule has 0 fully saturated rings. The van der Waals surface area contributed by atoms with Crippen molar-refractivity contribution in [1.29, 1.82) is 0 Å². The van der Waals surface area contributed by atoms with E-state index < -0.39 is 0 Å². The number of Topliss-reactive ketones (excluding diaryl/α,β-unsaturated/α-hetero) is 1. The van der Waals surface area contributed by atoms with Gasteiger partial charge in [0, 0.05) is 7.11 Å². The molecule has 2 nitrogen and oxygen atoms in total. The lowest BCUT2D eigenvalue weighted by Gasteiger charge is -2.25. The fourth-order valence-electron chi connectivity index (χ4n) is 1.77. The molecular weight excluding hydrogens is 164 g/mol. The maximum atomic E-state index is 11.2. The molecule has 3 atom stereocenters. The van der Waals surface area contributed by atoms with E-state index in [1.807, 2.05) is 0 Å². The summed E-state index contributed by atoms with van der Waals surface area (Å²) in [7, 11) is 1.61. The lowest BCUT2D eigenvalue weighted by Crippen LogP contribution is -2.32. The second-order valence-electron chi connectivity index (χ2n) is 3.89. The first-order valence-electron chi connectivity index (χ1n) is 5.07. The van der Waals surface area contributed by atoms with Crippen molar-refractivity contribution in [3.05, 3.63) is 0 Å². The highest BCUT2D eigenvalue weighted by Crippen LogP contribution is 2.22. The van der Waals surface area contributed by atoms with Crippen LogP contribution in [-0.4, -0.2) is 19.0 Å². The smallest absolute Gasteiger partial charge is 0.158 e. The molecule has 0 spiro atoms. The summed E-state index contributed by atoms with van der Waals surface area (Å²) in [4.78, 5) is 11.2. The van der Waals surface area contributed by atoms with Crippen LogP contribution >= 0.6 is 0 Å². The summed E-state index contributed by atoms with van der Waals surface area (Å²) >= 11 is 0. The van der Waals surface area contributed by atoms with E-state index in [1.54, 1.807) is 14.0 Å². The molecule has 0 radical (unpaired) electrons.